The van der Waals surface area contributed by atoms with Crippen LogP contribution in [0.3, 0.4) is 0 Å². The van der Waals surface area contributed by atoms with Gasteiger partial charge in [0.2, 0.25) is 0 Å². The van der Waals surface area contributed by atoms with E-state index in [2.05, 4.69) is 6.92 Å². The molecule has 0 aromatic heterocycles. The molecule has 0 aliphatic carbocycles. The van der Waals surface area contributed by atoms with Gasteiger partial charge in [0, 0.05) is 0 Å². The van der Waals surface area contributed by atoms with E-state index >= 15 is 0 Å². The third-order valence-corrected chi connectivity index (χ3v) is 3.83. The second-order valence-electron chi connectivity index (χ2n) is 5.55. The van der Waals surface area contributed by atoms with Crippen molar-refractivity contribution in [3.8, 4) is 16.9 Å². The summed E-state index contributed by atoms with van der Waals surface area (Å²) >= 11 is 0. The van der Waals surface area contributed by atoms with Gasteiger partial charge in [-0.3, -0.25) is 0 Å². The fourth-order valence-corrected chi connectivity index (χ4v) is 2.50. The van der Waals surface area contributed by atoms with Crippen LogP contribution < -0.4 is 4.74 Å². The standard InChI is InChI=1S/C20H18F2O/c1-2-3-10-23-18-8-6-15-11-14(4-5-16(15)12-18)17-7-9-19(21)20(22)13-17/h4-9,11-13H,2-3,10H2,1H3. The number of ether oxygens (including phenoxy) is 1. The highest BCUT2D eigenvalue weighted by atomic mass is 19.2. The van der Waals surface area contributed by atoms with E-state index in [1.165, 1.54) is 6.07 Å². The Morgan fingerprint density at radius 2 is 1.48 bits per heavy atom. The van der Waals surface area contributed by atoms with Crippen molar-refractivity contribution in [3.05, 3.63) is 66.2 Å². The van der Waals surface area contributed by atoms with Crippen molar-refractivity contribution in [2.24, 2.45) is 0 Å². The second kappa shape index (κ2) is 6.78. The van der Waals surface area contributed by atoms with Crippen LogP contribution in [0.4, 0.5) is 8.78 Å². The maximum absolute atomic E-state index is 13.4. The number of unbranched alkanes of at least 4 members (excludes halogenated alkanes) is 1. The van der Waals surface area contributed by atoms with Crippen LogP contribution in [-0.2, 0) is 0 Å². The van der Waals surface area contributed by atoms with Crippen LogP contribution in [0.1, 0.15) is 19.8 Å². The molecule has 0 unspecified atom stereocenters. The first-order valence-electron chi connectivity index (χ1n) is 7.79. The van der Waals surface area contributed by atoms with Crippen LogP contribution in [0.25, 0.3) is 21.9 Å². The molecule has 0 aliphatic rings. The highest BCUT2D eigenvalue weighted by molar-refractivity contribution is 5.88. The molecule has 0 atom stereocenters. The number of benzene rings is 3. The summed E-state index contributed by atoms with van der Waals surface area (Å²) in [5, 5.41) is 2.10. The normalized spacial score (nSPS) is 10.9. The fourth-order valence-electron chi connectivity index (χ4n) is 2.50. The molecule has 3 rings (SSSR count). The van der Waals surface area contributed by atoms with Gasteiger partial charge in [-0.1, -0.05) is 37.6 Å². The SMILES string of the molecule is CCCCOc1ccc2cc(-c3ccc(F)c(F)c3)ccc2c1. The van der Waals surface area contributed by atoms with Gasteiger partial charge in [-0.2, -0.15) is 0 Å². The lowest BCUT2D eigenvalue weighted by molar-refractivity contribution is 0.310. The van der Waals surface area contributed by atoms with Crippen LogP contribution in [0.15, 0.2) is 54.6 Å². The van der Waals surface area contributed by atoms with Crippen LogP contribution >= 0.6 is 0 Å². The number of fused-ring (bicyclic) bond motifs is 1. The summed E-state index contributed by atoms with van der Waals surface area (Å²) in [6, 6.07) is 15.7. The number of halogens is 2. The zero-order chi connectivity index (χ0) is 16.2. The van der Waals surface area contributed by atoms with E-state index in [1.54, 1.807) is 6.07 Å². The zero-order valence-corrected chi connectivity index (χ0v) is 13.0. The average Bonchev–Trinajstić information content (AvgIpc) is 2.57. The molecule has 3 aromatic rings. The molecule has 0 aliphatic heterocycles. The molecule has 0 radical (unpaired) electrons. The van der Waals surface area contributed by atoms with Gasteiger partial charge in [-0.25, -0.2) is 8.78 Å². The summed E-state index contributed by atoms with van der Waals surface area (Å²) in [5.41, 5.74) is 1.52. The Kier molecular flexibility index (Phi) is 4.56. The van der Waals surface area contributed by atoms with Crippen LogP contribution in [0.2, 0.25) is 0 Å². The number of hydrogen-bond donors (Lipinski definition) is 0. The summed E-state index contributed by atoms with van der Waals surface area (Å²) in [4.78, 5) is 0. The third kappa shape index (κ3) is 3.50. The van der Waals surface area contributed by atoms with E-state index in [9.17, 15) is 8.78 Å². The van der Waals surface area contributed by atoms with E-state index in [0.29, 0.717) is 5.56 Å². The maximum atomic E-state index is 13.4. The minimum absolute atomic E-state index is 0.661. The molecule has 0 spiro atoms. The van der Waals surface area contributed by atoms with Crippen LogP contribution in [0, 0.1) is 11.6 Å². The topological polar surface area (TPSA) is 9.23 Å². The summed E-state index contributed by atoms with van der Waals surface area (Å²) < 4.78 is 32.1. The maximum Gasteiger partial charge on any atom is 0.159 e. The van der Waals surface area contributed by atoms with E-state index in [4.69, 9.17) is 4.74 Å². The summed E-state index contributed by atoms with van der Waals surface area (Å²) in [5.74, 6) is -0.808. The lowest BCUT2D eigenvalue weighted by Crippen LogP contribution is -1.96. The summed E-state index contributed by atoms with van der Waals surface area (Å²) in [6.07, 6.45) is 2.14. The van der Waals surface area contributed by atoms with Gasteiger partial charge in [0.05, 0.1) is 6.61 Å². The molecule has 0 N–H and O–H groups in total. The molecular formula is C20H18F2O. The largest absolute Gasteiger partial charge is 0.494 e. The Morgan fingerprint density at radius 3 is 2.26 bits per heavy atom. The van der Waals surface area contributed by atoms with Gasteiger partial charge in [0.15, 0.2) is 11.6 Å². The van der Waals surface area contributed by atoms with Gasteiger partial charge in [0.25, 0.3) is 0 Å². The minimum Gasteiger partial charge on any atom is -0.494 e. The molecule has 0 bridgehead atoms. The lowest BCUT2D eigenvalue weighted by atomic mass is 10.0. The Bertz CT molecular complexity index is 827. The molecular weight excluding hydrogens is 294 g/mol. The first-order chi connectivity index (χ1) is 11.2. The average molecular weight is 312 g/mol. The fraction of sp³-hybridized carbons (Fsp3) is 0.200. The van der Waals surface area contributed by atoms with Crippen molar-refractivity contribution in [2.45, 2.75) is 19.8 Å². The van der Waals surface area contributed by atoms with Crippen molar-refractivity contribution >= 4 is 10.8 Å². The minimum atomic E-state index is -0.831. The highest BCUT2D eigenvalue weighted by Crippen LogP contribution is 2.28. The molecule has 118 valence electrons. The monoisotopic (exact) mass is 312 g/mol. The smallest absolute Gasteiger partial charge is 0.159 e. The van der Waals surface area contributed by atoms with Gasteiger partial charge in [-0.05, 0) is 58.7 Å². The van der Waals surface area contributed by atoms with Gasteiger partial charge >= 0.3 is 0 Å². The van der Waals surface area contributed by atoms with Crippen LogP contribution in [0.5, 0.6) is 5.75 Å². The Morgan fingerprint density at radius 1 is 0.783 bits per heavy atom. The summed E-state index contributed by atoms with van der Waals surface area (Å²) in [7, 11) is 0. The first-order valence-corrected chi connectivity index (χ1v) is 7.79. The van der Waals surface area contributed by atoms with Crippen molar-refractivity contribution in [1.29, 1.82) is 0 Å². The Balaban J connectivity index is 1.90. The molecule has 3 heteroatoms. The Labute approximate surface area is 134 Å². The lowest BCUT2D eigenvalue weighted by Gasteiger charge is -2.08. The molecule has 1 nitrogen and oxygen atoms in total. The van der Waals surface area contributed by atoms with E-state index in [1.807, 2.05) is 36.4 Å². The van der Waals surface area contributed by atoms with Crippen molar-refractivity contribution < 1.29 is 13.5 Å². The molecule has 0 saturated carbocycles. The molecule has 23 heavy (non-hydrogen) atoms. The van der Waals surface area contributed by atoms with Gasteiger partial charge < -0.3 is 4.74 Å². The van der Waals surface area contributed by atoms with Crippen molar-refractivity contribution in [3.63, 3.8) is 0 Å². The van der Waals surface area contributed by atoms with Gasteiger partial charge in [-0.15, -0.1) is 0 Å². The second-order valence-corrected chi connectivity index (χ2v) is 5.55. The van der Waals surface area contributed by atoms with Crippen LogP contribution in [-0.4, -0.2) is 6.61 Å². The predicted octanol–water partition coefficient (Wildman–Crippen LogP) is 5.96. The zero-order valence-electron chi connectivity index (χ0n) is 13.0. The predicted molar refractivity (Wildman–Crippen MR) is 89.7 cm³/mol. The molecule has 0 amide bonds. The summed E-state index contributed by atoms with van der Waals surface area (Å²) in [6.45, 7) is 2.85. The highest BCUT2D eigenvalue weighted by Gasteiger charge is 2.06. The van der Waals surface area contributed by atoms with E-state index in [-0.39, 0.29) is 0 Å². The van der Waals surface area contributed by atoms with Crippen molar-refractivity contribution in [1.82, 2.24) is 0 Å². The van der Waals surface area contributed by atoms with Crippen molar-refractivity contribution in [2.75, 3.05) is 6.61 Å². The quantitative estimate of drug-likeness (QED) is 0.528. The Hall–Kier alpha value is -2.42. The number of hydrogen-bond acceptors (Lipinski definition) is 1. The molecule has 0 fully saturated rings. The van der Waals surface area contributed by atoms with E-state index in [0.717, 1.165) is 47.6 Å². The molecule has 0 heterocycles. The molecule has 3 aromatic carbocycles. The van der Waals surface area contributed by atoms with E-state index < -0.39 is 11.6 Å². The molecule has 0 saturated heterocycles. The van der Waals surface area contributed by atoms with Gasteiger partial charge in [0.1, 0.15) is 5.75 Å². The number of rotatable bonds is 5. The first kappa shape index (κ1) is 15.5. The third-order valence-electron chi connectivity index (χ3n) is 3.83.